The smallest absolute Gasteiger partial charge is 0.322 e. The van der Waals surface area contributed by atoms with Crippen molar-refractivity contribution in [3.05, 3.63) is 100 Å². The number of halogens is 2. The Morgan fingerprint density at radius 2 is 1.84 bits per heavy atom. The molecule has 1 N–H and O–H groups in total. The van der Waals surface area contributed by atoms with Crippen LogP contribution in [-0.4, -0.2) is 33.1 Å². The highest BCUT2D eigenvalue weighted by atomic mass is 19.2. The van der Waals surface area contributed by atoms with E-state index in [1.165, 1.54) is 4.57 Å². The SMILES string of the molecule is CCOc1ccccc1NC(=O)N(C(C)Cc1ccccc1)C1CCn2c1nc1cc(F)c(F)cc1c2=O. The number of aromatic nitrogens is 2. The predicted octanol–water partition coefficient (Wildman–Crippen LogP) is 5.68. The molecule has 38 heavy (non-hydrogen) atoms. The van der Waals surface area contributed by atoms with E-state index in [-0.39, 0.29) is 23.0 Å². The Balaban J connectivity index is 1.56. The lowest BCUT2D eigenvalue weighted by atomic mass is 10.0. The molecule has 5 rings (SSSR count). The molecule has 1 aliphatic heterocycles. The van der Waals surface area contributed by atoms with E-state index in [1.807, 2.05) is 56.3 Å². The lowest BCUT2D eigenvalue weighted by Gasteiger charge is -2.34. The summed E-state index contributed by atoms with van der Waals surface area (Å²) in [7, 11) is 0. The zero-order valence-electron chi connectivity index (χ0n) is 21.2. The van der Waals surface area contributed by atoms with Gasteiger partial charge < -0.3 is 15.0 Å². The zero-order chi connectivity index (χ0) is 26.8. The molecule has 2 amide bonds. The van der Waals surface area contributed by atoms with Crippen LogP contribution in [0.5, 0.6) is 5.75 Å². The Morgan fingerprint density at radius 1 is 1.13 bits per heavy atom. The Hall–Kier alpha value is -4.27. The number of carbonyl (C=O) groups is 1. The van der Waals surface area contributed by atoms with Crippen LogP contribution in [0, 0.1) is 11.6 Å². The Morgan fingerprint density at radius 3 is 2.61 bits per heavy atom. The molecule has 0 saturated heterocycles. The molecule has 2 heterocycles. The van der Waals surface area contributed by atoms with Gasteiger partial charge in [-0.05, 0) is 50.5 Å². The summed E-state index contributed by atoms with van der Waals surface area (Å²) in [4.78, 5) is 33.3. The molecule has 4 aromatic rings. The van der Waals surface area contributed by atoms with Crippen LogP contribution in [0.4, 0.5) is 19.3 Å². The number of rotatable bonds is 7. The number of fused-ring (bicyclic) bond motifs is 2. The van der Waals surface area contributed by atoms with Crippen molar-refractivity contribution >= 4 is 22.6 Å². The number of nitrogens with zero attached hydrogens (tertiary/aromatic N) is 3. The first-order valence-corrected chi connectivity index (χ1v) is 12.6. The van der Waals surface area contributed by atoms with Gasteiger partial charge in [0.2, 0.25) is 0 Å². The van der Waals surface area contributed by atoms with Gasteiger partial charge in [0.15, 0.2) is 11.6 Å². The molecule has 7 nitrogen and oxygen atoms in total. The third-order valence-electron chi connectivity index (χ3n) is 6.80. The summed E-state index contributed by atoms with van der Waals surface area (Å²) in [5.74, 6) is -1.29. The van der Waals surface area contributed by atoms with E-state index in [0.29, 0.717) is 43.3 Å². The molecule has 0 aliphatic carbocycles. The molecule has 0 spiro atoms. The third-order valence-corrected chi connectivity index (χ3v) is 6.80. The molecule has 0 saturated carbocycles. The van der Waals surface area contributed by atoms with Gasteiger partial charge in [0.1, 0.15) is 11.6 Å². The summed E-state index contributed by atoms with van der Waals surface area (Å²) in [6, 6.07) is 17.6. The number of carbonyl (C=O) groups excluding carboxylic acids is 1. The van der Waals surface area contributed by atoms with Crippen LogP contribution >= 0.6 is 0 Å². The number of ether oxygens (including phenoxy) is 1. The van der Waals surface area contributed by atoms with Crippen LogP contribution in [0.3, 0.4) is 0 Å². The molecule has 1 aliphatic rings. The highest BCUT2D eigenvalue weighted by molar-refractivity contribution is 5.91. The van der Waals surface area contributed by atoms with Crippen molar-refractivity contribution in [1.29, 1.82) is 0 Å². The maximum absolute atomic E-state index is 14.0. The summed E-state index contributed by atoms with van der Waals surface area (Å²) >= 11 is 0. The van der Waals surface area contributed by atoms with Crippen LogP contribution in [0.1, 0.15) is 37.7 Å². The van der Waals surface area contributed by atoms with E-state index in [9.17, 15) is 18.4 Å². The second-order valence-electron chi connectivity index (χ2n) is 9.32. The molecule has 2 atom stereocenters. The molecule has 9 heteroatoms. The van der Waals surface area contributed by atoms with Crippen LogP contribution in [-0.2, 0) is 13.0 Å². The number of para-hydroxylation sites is 2. The predicted molar refractivity (Wildman–Crippen MR) is 141 cm³/mol. The first-order chi connectivity index (χ1) is 18.4. The number of anilines is 1. The van der Waals surface area contributed by atoms with E-state index in [1.54, 1.807) is 17.0 Å². The van der Waals surface area contributed by atoms with Gasteiger partial charge in [-0.3, -0.25) is 9.36 Å². The zero-order valence-corrected chi connectivity index (χ0v) is 21.2. The minimum absolute atomic E-state index is 0.00674. The van der Waals surface area contributed by atoms with Crippen molar-refractivity contribution in [1.82, 2.24) is 14.5 Å². The monoisotopic (exact) mass is 518 g/mol. The molecule has 0 radical (unpaired) electrons. The van der Waals surface area contributed by atoms with E-state index in [4.69, 9.17) is 4.74 Å². The minimum Gasteiger partial charge on any atom is -0.492 e. The maximum atomic E-state index is 14.0. The summed E-state index contributed by atoms with van der Waals surface area (Å²) in [5.41, 5.74) is 1.18. The normalized spacial score (nSPS) is 15.2. The van der Waals surface area contributed by atoms with Gasteiger partial charge in [-0.2, -0.15) is 0 Å². The fourth-order valence-electron chi connectivity index (χ4n) is 5.08. The van der Waals surface area contributed by atoms with Gasteiger partial charge in [-0.15, -0.1) is 0 Å². The molecular weight excluding hydrogens is 490 g/mol. The second-order valence-corrected chi connectivity index (χ2v) is 9.32. The number of hydrogen-bond acceptors (Lipinski definition) is 4. The van der Waals surface area contributed by atoms with Gasteiger partial charge in [0.25, 0.3) is 5.56 Å². The van der Waals surface area contributed by atoms with Crippen molar-refractivity contribution in [3.8, 4) is 5.75 Å². The molecule has 2 unspecified atom stereocenters. The number of hydrogen-bond donors (Lipinski definition) is 1. The Kier molecular flexibility index (Phi) is 7.09. The van der Waals surface area contributed by atoms with Gasteiger partial charge in [0.05, 0.1) is 29.2 Å². The average Bonchev–Trinajstić information content (AvgIpc) is 3.31. The number of amides is 2. The molecule has 0 bridgehead atoms. The van der Waals surface area contributed by atoms with E-state index >= 15 is 0 Å². The number of nitrogens with one attached hydrogen (secondary N) is 1. The summed E-state index contributed by atoms with van der Waals surface area (Å²) in [6.07, 6.45) is 0.999. The summed E-state index contributed by atoms with van der Waals surface area (Å²) < 4.78 is 35.0. The lowest BCUT2D eigenvalue weighted by molar-refractivity contribution is 0.158. The van der Waals surface area contributed by atoms with E-state index < -0.39 is 23.2 Å². The van der Waals surface area contributed by atoms with E-state index in [0.717, 1.165) is 17.7 Å². The van der Waals surface area contributed by atoms with Crippen molar-refractivity contribution < 1.29 is 18.3 Å². The van der Waals surface area contributed by atoms with Gasteiger partial charge >= 0.3 is 6.03 Å². The fraction of sp³-hybridized carbons (Fsp3) is 0.276. The highest BCUT2D eigenvalue weighted by Gasteiger charge is 2.37. The van der Waals surface area contributed by atoms with Crippen LogP contribution in [0.15, 0.2) is 71.5 Å². The first-order valence-electron chi connectivity index (χ1n) is 12.6. The highest BCUT2D eigenvalue weighted by Crippen LogP contribution is 2.34. The topological polar surface area (TPSA) is 76.5 Å². The molecule has 0 fully saturated rings. The quantitative estimate of drug-likeness (QED) is 0.341. The summed E-state index contributed by atoms with van der Waals surface area (Å²) in [6.45, 7) is 4.55. The number of benzene rings is 3. The first kappa shape index (κ1) is 25.4. The van der Waals surface area contributed by atoms with Gasteiger partial charge in [-0.25, -0.2) is 18.6 Å². The van der Waals surface area contributed by atoms with Crippen LogP contribution in [0.2, 0.25) is 0 Å². The summed E-state index contributed by atoms with van der Waals surface area (Å²) in [5, 5.41) is 2.98. The Labute approximate surface area is 218 Å². The Bertz CT molecular complexity index is 1540. The molecule has 196 valence electrons. The molecule has 3 aromatic carbocycles. The molecule has 1 aromatic heterocycles. The van der Waals surface area contributed by atoms with Crippen molar-refractivity contribution in [2.24, 2.45) is 0 Å². The van der Waals surface area contributed by atoms with Crippen LogP contribution in [0.25, 0.3) is 10.9 Å². The largest absolute Gasteiger partial charge is 0.492 e. The van der Waals surface area contributed by atoms with Gasteiger partial charge in [-0.1, -0.05) is 42.5 Å². The standard InChI is InChI=1S/C29H28F2N4O3/c1-3-38-26-12-8-7-11-23(26)33-29(37)35(18(2)15-19-9-5-4-6-10-19)25-13-14-34-27(25)32-24-17-22(31)21(30)16-20(24)28(34)36/h4-12,16-18,25H,3,13-15H2,1-2H3,(H,33,37). The van der Waals surface area contributed by atoms with E-state index in [2.05, 4.69) is 10.3 Å². The maximum Gasteiger partial charge on any atom is 0.322 e. The van der Waals surface area contributed by atoms with Gasteiger partial charge in [0, 0.05) is 18.7 Å². The fourth-order valence-corrected chi connectivity index (χ4v) is 5.08. The second kappa shape index (κ2) is 10.6. The average molecular weight is 519 g/mol. The van der Waals surface area contributed by atoms with Crippen molar-refractivity contribution in [2.45, 2.75) is 45.3 Å². The number of urea groups is 1. The third kappa shape index (κ3) is 4.83. The van der Waals surface area contributed by atoms with Crippen molar-refractivity contribution in [2.75, 3.05) is 11.9 Å². The lowest BCUT2D eigenvalue weighted by Crippen LogP contribution is -2.45. The van der Waals surface area contributed by atoms with Crippen LogP contribution < -0.4 is 15.6 Å². The van der Waals surface area contributed by atoms with Crippen molar-refractivity contribution in [3.63, 3.8) is 0 Å². The minimum atomic E-state index is -1.10. The molecular formula is C29H28F2N4O3.